The van der Waals surface area contributed by atoms with Crippen molar-refractivity contribution in [2.45, 2.75) is 25.8 Å². The van der Waals surface area contributed by atoms with Gasteiger partial charge in [0.1, 0.15) is 0 Å². The van der Waals surface area contributed by atoms with Gasteiger partial charge in [-0.2, -0.15) is 0 Å². The van der Waals surface area contributed by atoms with Gasteiger partial charge in [-0.1, -0.05) is 18.0 Å². The van der Waals surface area contributed by atoms with Crippen molar-refractivity contribution < 1.29 is 14.7 Å². The molecule has 1 saturated carbocycles. The summed E-state index contributed by atoms with van der Waals surface area (Å²) in [5.74, 6) is -1.95. The Kier molecular flexibility index (Phi) is 4.24. The first-order valence-corrected chi connectivity index (χ1v) is 7.02. The molecule has 1 aromatic rings. The van der Waals surface area contributed by atoms with E-state index in [4.69, 9.17) is 16.7 Å². The number of hydrogen-bond acceptors (Lipinski definition) is 3. The number of carboxylic acid groups (broad SMARTS) is 1. The number of carboxylic acids is 1. The Morgan fingerprint density at radius 2 is 2.11 bits per heavy atom. The topological polar surface area (TPSA) is 66.4 Å². The summed E-state index contributed by atoms with van der Waals surface area (Å²) in [6, 6.07) is 3.64. The van der Waals surface area contributed by atoms with Crippen molar-refractivity contribution in [2.24, 2.45) is 11.8 Å². The summed E-state index contributed by atoms with van der Waals surface area (Å²) in [5.41, 5.74) is 0. The quantitative estimate of drug-likeness (QED) is 0.894. The van der Waals surface area contributed by atoms with Crippen LogP contribution in [0.15, 0.2) is 12.1 Å². The van der Waals surface area contributed by atoms with Crippen molar-refractivity contribution in [2.75, 3.05) is 0 Å². The predicted molar refractivity (Wildman–Crippen MR) is 69.6 cm³/mol. The molecule has 1 aliphatic carbocycles. The largest absolute Gasteiger partial charge is 0.481 e. The first-order chi connectivity index (χ1) is 8.58. The van der Waals surface area contributed by atoms with Gasteiger partial charge < -0.3 is 10.4 Å². The van der Waals surface area contributed by atoms with E-state index in [1.165, 1.54) is 11.3 Å². The Morgan fingerprint density at radius 3 is 2.72 bits per heavy atom. The average Bonchev–Trinajstić information content (AvgIpc) is 2.94. The third-order valence-corrected chi connectivity index (χ3v) is 4.47. The zero-order chi connectivity index (χ0) is 13.1. The third kappa shape index (κ3) is 3.03. The summed E-state index contributed by atoms with van der Waals surface area (Å²) in [6.07, 6.45) is 2.06. The third-order valence-electron chi connectivity index (χ3n) is 3.24. The van der Waals surface area contributed by atoms with Crippen molar-refractivity contribution in [3.8, 4) is 0 Å². The van der Waals surface area contributed by atoms with E-state index in [9.17, 15) is 9.59 Å². The van der Waals surface area contributed by atoms with Gasteiger partial charge in [-0.15, -0.1) is 11.3 Å². The summed E-state index contributed by atoms with van der Waals surface area (Å²) in [5, 5.41) is 11.8. The number of carbonyl (C=O) groups is 2. The lowest BCUT2D eigenvalue weighted by atomic mass is 9.95. The Labute approximate surface area is 114 Å². The molecule has 1 heterocycles. The fourth-order valence-corrected chi connectivity index (χ4v) is 3.35. The molecular formula is C12H14ClNO3S. The standard InChI is InChI=1S/C12H14ClNO3S/c13-10-5-4-7(18-10)6-14-11(15)8-2-1-3-9(8)12(16)17/h4-5,8-9H,1-3,6H2,(H,14,15)(H,16,17)/t8-,9+/m1/s1. The van der Waals surface area contributed by atoms with E-state index in [-0.39, 0.29) is 5.91 Å². The van der Waals surface area contributed by atoms with Gasteiger partial charge in [0.2, 0.25) is 5.91 Å². The minimum atomic E-state index is -0.869. The molecule has 4 nitrogen and oxygen atoms in total. The summed E-state index contributed by atoms with van der Waals surface area (Å²) in [6.45, 7) is 0.416. The van der Waals surface area contributed by atoms with E-state index in [1.54, 1.807) is 6.07 Å². The maximum atomic E-state index is 11.9. The molecule has 0 radical (unpaired) electrons. The lowest BCUT2D eigenvalue weighted by Gasteiger charge is -2.15. The van der Waals surface area contributed by atoms with Gasteiger partial charge in [0.05, 0.1) is 22.7 Å². The van der Waals surface area contributed by atoms with Crippen molar-refractivity contribution in [3.05, 3.63) is 21.3 Å². The highest BCUT2D eigenvalue weighted by atomic mass is 35.5. The smallest absolute Gasteiger partial charge is 0.307 e. The summed E-state index contributed by atoms with van der Waals surface area (Å²) < 4.78 is 0.684. The second-order valence-corrected chi connectivity index (χ2v) is 6.21. The van der Waals surface area contributed by atoms with Crippen LogP contribution in [-0.4, -0.2) is 17.0 Å². The van der Waals surface area contributed by atoms with Crippen molar-refractivity contribution in [3.63, 3.8) is 0 Å². The second-order valence-electron chi connectivity index (χ2n) is 4.41. The maximum absolute atomic E-state index is 11.9. The first-order valence-electron chi connectivity index (χ1n) is 5.82. The van der Waals surface area contributed by atoms with Gasteiger partial charge in [0, 0.05) is 4.88 Å². The number of thiophene rings is 1. The normalized spacial score (nSPS) is 22.9. The van der Waals surface area contributed by atoms with Crippen LogP contribution in [0.1, 0.15) is 24.1 Å². The van der Waals surface area contributed by atoms with Crippen LogP contribution in [-0.2, 0) is 16.1 Å². The predicted octanol–water partition coefficient (Wildman–Crippen LogP) is 2.52. The maximum Gasteiger partial charge on any atom is 0.307 e. The van der Waals surface area contributed by atoms with Crippen LogP contribution in [0.25, 0.3) is 0 Å². The number of nitrogens with one attached hydrogen (secondary N) is 1. The van der Waals surface area contributed by atoms with Gasteiger partial charge in [-0.25, -0.2) is 0 Å². The van der Waals surface area contributed by atoms with E-state index in [1.807, 2.05) is 6.07 Å². The average molecular weight is 288 g/mol. The molecule has 0 unspecified atom stereocenters. The van der Waals surface area contributed by atoms with E-state index in [0.717, 1.165) is 11.3 Å². The van der Waals surface area contributed by atoms with Gasteiger partial charge in [-0.3, -0.25) is 9.59 Å². The van der Waals surface area contributed by atoms with Crippen LogP contribution in [0.2, 0.25) is 4.34 Å². The molecule has 0 saturated heterocycles. The fourth-order valence-electron chi connectivity index (χ4n) is 2.32. The van der Waals surface area contributed by atoms with Crippen LogP contribution in [0, 0.1) is 11.8 Å². The lowest BCUT2D eigenvalue weighted by molar-refractivity contribution is -0.146. The molecule has 2 rings (SSSR count). The number of carbonyl (C=O) groups excluding carboxylic acids is 1. The van der Waals surface area contributed by atoms with Crippen molar-refractivity contribution >= 4 is 34.8 Å². The van der Waals surface area contributed by atoms with Crippen LogP contribution in [0.5, 0.6) is 0 Å². The Bertz CT molecular complexity index is 460. The minimum Gasteiger partial charge on any atom is -0.481 e. The monoisotopic (exact) mass is 287 g/mol. The number of amides is 1. The number of hydrogen-bond donors (Lipinski definition) is 2. The highest BCUT2D eigenvalue weighted by Gasteiger charge is 2.37. The van der Waals surface area contributed by atoms with Crippen LogP contribution in [0.4, 0.5) is 0 Å². The minimum absolute atomic E-state index is 0.163. The van der Waals surface area contributed by atoms with E-state index < -0.39 is 17.8 Å². The molecule has 2 atom stereocenters. The molecule has 18 heavy (non-hydrogen) atoms. The summed E-state index contributed by atoms with van der Waals surface area (Å²) in [4.78, 5) is 23.9. The van der Waals surface area contributed by atoms with Gasteiger partial charge >= 0.3 is 5.97 Å². The van der Waals surface area contributed by atoms with Gasteiger partial charge in [-0.05, 0) is 25.0 Å². The zero-order valence-electron chi connectivity index (χ0n) is 9.69. The van der Waals surface area contributed by atoms with Crippen LogP contribution in [0.3, 0.4) is 0 Å². The molecule has 1 aromatic heterocycles. The van der Waals surface area contributed by atoms with Crippen molar-refractivity contribution in [1.82, 2.24) is 5.32 Å². The molecular weight excluding hydrogens is 274 g/mol. The molecule has 0 bridgehead atoms. The molecule has 98 valence electrons. The van der Waals surface area contributed by atoms with Crippen molar-refractivity contribution in [1.29, 1.82) is 0 Å². The van der Waals surface area contributed by atoms with E-state index >= 15 is 0 Å². The van der Waals surface area contributed by atoms with Crippen LogP contribution < -0.4 is 5.32 Å². The van der Waals surface area contributed by atoms with Gasteiger partial charge in [0.25, 0.3) is 0 Å². The van der Waals surface area contributed by atoms with Gasteiger partial charge in [0.15, 0.2) is 0 Å². The highest BCUT2D eigenvalue weighted by Crippen LogP contribution is 2.32. The Morgan fingerprint density at radius 1 is 1.39 bits per heavy atom. The summed E-state index contributed by atoms with van der Waals surface area (Å²) in [7, 11) is 0. The molecule has 1 fully saturated rings. The molecule has 1 aliphatic rings. The zero-order valence-corrected chi connectivity index (χ0v) is 11.3. The van der Waals surface area contributed by atoms with E-state index in [2.05, 4.69) is 5.32 Å². The molecule has 1 amide bonds. The fraction of sp³-hybridized carbons (Fsp3) is 0.500. The molecule has 2 N–H and O–H groups in total. The highest BCUT2D eigenvalue weighted by molar-refractivity contribution is 7.16. The second kappa shape index (κ2) is 5.71. The summed E-state index contributed by atoms with van der Waals surface area (Å²) >= 11 is 7.21. The lowest BCUT2D eigenvalue weighted by Crippen LogP contribution is -2.34. The molecule has 0 aromatic carbocycles. The number of halogens is 1. The first kappa shape index (κ1) is 13.4. The Balaban J connectivity index is 1.89. The SMILES string of the molecule is O=C(O)[C@H]1CCC[C@H]1C(=O)NCc1ccc(Cl)s1. The number of rotatable bonds is 4. The van der Waals surface area contributed by atoms with Crippen LogP contribution >= 0.6 is 22.9 Å². The van der Waals surface area contributed by atoms with E-state index in [0.29, 0.717) is 23.7 Å². The molecule has 6 heteroatoms. The Hall–Kier alpha value is -1.07. The number of aliphatic carboxylic acids is 1. The molecule has 0 spiro atoms. The molecule has 0 aliphatic heterocycles.